The van der Waals surface area contributed by atoms with Crippen LogP contribution in [0.5, 0.6) is 0 Å². The van der Waals surface area contributed by atoms with Crippen LogP contribution in [0.3, 0.4) is 0 Å². The fourth-order valence-electron chi connectivity index (χ4n) is 3.49. The van der Waals surface area contributed by atoms with Gasteiger partial charge in [0, 0.05) is 0 Å². The first-order valence-electron chi connectivity index (χ1n) is 11.4. The summed E-state index contributed by atoms with van der Waals surface area (Å²) in [5.74, 6) is -0.162. The lowest BCUT2D eigenvalue weighted by Gasteiger charge is -2.34. The molecule has 0 saturated carbocycles. The van der Waals surface area contributed by atoms with Crippen LogP contribution in [-0.2, 0) is 4.79 Å². The molecule has 0 heterocycles. The second-order valence-electron chi connectivity index (χ2n) is 9.29. The highest BCUT2D eigenvalue weighted by molar-refractivity contribution is 6.00. The molecule has 0 aromatic heterocycles. The number of allylic oxidation sites excluding steroid dienone is 18. The molecule has 1 unspecified atom stereocenters. The van der Waals surface area contributed by atoms with Crippen molar-refractivity contribution in [2.24, 2.45) is 5.41 Å². The van der Waals surface area contributed by atoms with Crippen LogP contribution in [0.2, 0.25) is 0 Å². The second kappa shape index (κ2) is 13.5. The highest BCUT2D eigenvalue weighted by Crippen LogP contribution is 2.39. The Bertz CT molecular complexity index is 996. The van der Waals surface area contributed by atoms with E-state index in [-0.39, 0.29) is 11.2 Å². The molecule has 0 spiro atoms. The summed E-state index contributed by atoms with van der Waals surface area (Å²) in [5.41, 5.74) is 5.99. The molecule has 1 atom stereocenters. The van der Waals surface area contributed by atoms with Gasteiger partial charge in [0.05, 0.1) is 0 Å². The number of ketones is 1. The minimum absolute atomic E-state index is 0.162. The van der Waals surface area contributed by atoms with Crippen molar-refractivity contribution in [1.29, 1.82) is 0 Å². The maximum absolute atomic E-state index is 12.2. The molecule has 0 aromatic carbocycles. The van der Waals surface area contributed by atoms with Crippen LogP contribution in [0.25, 0.3) is 0 Å². The summed E-state index contributed by atoms with van der Waals surface area (Å²) < 4.78 is 0. The highest BCUT2D eigenvalue weighted by Gasteiger charge is 2.36. The standard InChI is InChI=1S/C31H40O2/c1-9-23(2)16-12-17-24(3)14-10-11-15-25(4)18-13-19-26(5)20-21-28-27(6)30(33)29(32)22-31(28,7)8/h9-21,29,32H,1,22H2,2-8H3/b11-10+,17-12+,18-13+,21-20+,23-16+,24-14+,25-15+,26-19+. The van der Waals surface area contributed by atoms with Gasteiger partial charge in [0.15, 0.2) is 5.78 Å². The Hall–Kier alpha value is -2.97. The molecule has 0 bridgehead atoms. The van der Waals surface area contributed by atoms with Crippen molar-refractivity contribution in [1.82, 2.24) is 0 Å². The van der Waals surface area contributed by atoms with Crippen LogP contribution in [0, 0.1) is 5.41 Å². The molecule has 1 aliphatic rings. The zero-order valence-corrected chi connectivity index (χ0v) is 21.4. The molecule has 1 rings (SSSR count). The summed E-state index contributed by atoms with van der Waals surface area (Å²) in [5, 5.41) is 9.96. The molecule has 0 fully saturated rings. The van der Waals surface area contributed by atoms with Crippen LogP contribution in [0.1, 0.15) is 54.9 Å². The Morgan fingerprint density at radius 1 is 0.848 bits per heavy atom. The van der Waals surface area contributed by atoms with Gasteiger partial charge in [0.2, 0.25) is 0 Å². The van der Waals surface area contributed by atoms with Gasteiger partial charge >= 0.3 is 0 Å². The second-order valence-corrected chi connectivity index (χ2v) is 9.29. The van der Waals surface area contributed by atoms with Gasteiger partial charge in [-0.15, -0.1) is 0 Å². The van der Waals surface area contributed by atoms with Gasteiger partial charge in [-0.25, -0.2) is 0 Å². The van der Waals surface area contributed by atoms with Gasteiger partial charge < -0.3 is 5.11 Å². The lowest BCUT2D eigenvalue weighted by molar-refractivity contribution is -0.125. The predicted molar refractivity (Wildman–Crippen MR) is 144 cm³/mol. The number of hydrogen-bond acceptors (Lipinski definition) is 2. The van der Waals surface area contributed by atoms with Gasteiger partial charge in [0.1, 0.15) is 6.10 Å². The topological polar surface area (TPSA) is 37.3 Å². The number of carbonyl (C=O) groups excluding carboxylic acids is 1. The molecule has 2 nitrogen and oxygen atoms in total. The van der Waals surface area contributed by atoms with E-state index in [4.69, 9.17) is 0 Å². The SMILES string of the molecule is C=C/C(C)=C/C=C/C(C)=C/C=C/C=C(C)/C=C/C=C(C)/C=C/C1=C(C)C(=O)C(O)CC1(C)C. The van der Waals surface area contributed by atoms with Gasteiger partial charge in [-0.2, -0.15) is 0 Å². The first-order chi connectivity index (χ1) is 15.5. The van der Waals surface area contributed by atoms with Crippen molar-refractivity contribution in [2.45, 2.75) is 61.0 Å². The van der Waals surface area contributed by atoms with Crippen molar-refractivity contribution in [3.05, 3.63) is 119 Å². The molecule has 0 radical (unpaired) electrons. The average Bonchev–Trinajstić information content (AvgIpc) is 2.74. The summed E-state index contributed by atoms with van der Waals surface area (Å²) in [6, 6.07) is 0. The smallest absolute Gasteiger partial charge is 0.187 e. The van der Waals surface area contributed by atoms with Crippen LogP contribution in [0.15, 0.2) is 119 Å². The Morgan fingerprint density at radius 3 is 1.82 bits per heavy atom. The lowest BCUT2D eigenvalue weighted by atomic mass is 9.71. The molecule has 1 aliphatic carbocycles. The molecule has 1 N–H and O–H groups in total. The summed E-state index contributed by atoms with van der Waals surface area (Å²) in [7, 11) is 0. The van der Waals surface area contributed by atoms with E-state index < -0.39 is 6.10 Å². The fraction of sp³-hybridized carbons (Fsp3) is 0.323. The molecule has 176 valence electrons. The van der Waals surface area contributed by atoms with E-state index in [9.17, 15) is 9.90 Å². The lowest BCUT2D eigenvalue weighted by Crippen LogP contribution is -2.35. The van der Waals surface area contributed by atoms with Crippen LogP contribution < -0.4 is 0 Å². The number of aliphatic hydroxyl groups excluding tert-OH is 1. The first kappa shape index (κ1) is 28.1. The summed E-state index contributed by atoms with van der Waals surface area (Å²) in [4.78, 5) is 12.2. The van der Waals surface area contributed by atoms with Gasteiger partial charge in [-0.1, -0.05) is 122 Å². The quantitative estimate of drug-likeness (QED) is 0.368. The zero-order chi connectivity index (χ0) is 25.0. The largest absolute Gasteiger partial charge is 0.385 e. The number of Topliss-reactive ketones (excluding diaryl/α,β-unsaturated/α-hetero) is 1. The van der Waals surface area contributed by atoms with Gasteiger partial charge in [-0.3, -0.25) is 4.79 Å². The average molecular weight is 445 g/mol. The maximum Gasteiger partial charge on any atom is 0.187 e. The highest BCUT2D eigenvalue weighted by atomic mass is 16.3. The number of carbonyl (C=O) groups is 1. The fourth-order valence-corrected chi connectivity index (χ4v) is 3.49. The Kier molecular flexibility index (Phi) is 11.5. The van der Waals surface area contributed by atoms with Crippen LogP contribution in [0.4, 0.5) is 0 Å². The van der Waals surface area contributed by atoms with Crippen LogP contribution >= 0.6 is 0 Å². The summed E-state index contributed by atoms with van der Waals surface area (Å²) in [6.45, 7) is 17.9. The molecule has 0 aromatic rings. The number of hydrogen-bond donors (Lipinski definition) is 1. The Labute approximate surface area is 201 Å². The monoisotopic (exact) mass is 444 g/mol. The van der Waals surface area contributed by atoms with Gasteiger partial charge in [-0.05, 0) is 57.6 Å². The molecular formula is C31H40O2. The Morgan fingerprint density at radius 2 is 1.30 bits per heavy atom. The van der Waals surface area contributed by atoms with Crippen molar-refractivity contribution >= 4 is 5.78 Å². The normalized spacial score (nSPS) is 21.5. The van der Waals surface area contributed by atoms with Crippen molar-refractivity contribution in [2.75, 3.05) is 0 Å². The minimum Gasteiger partial charge on any atom is -0.385 e. The van der Waals surface area contributed by atoms with E-state index in [2.05, 4.69) is 58.6 Å². The Balaban J connectivity index is 2.75. The van der Waals surface area contributed by atoms with Crippen molar-refractivity contribution in [3.8, 4) is 0 Å². The first-order valence-corrected chi connectivity index (χ1v) is 11.4. The molecule has 0 saturated heterocycles. The van der Waals surface area contributed by atoms with E-state index in [0.717, 1.165) is 22.3 Å². The van der Waals surface area contributed by atoms with E-state index in [0.29, 0.717) is 12.0 Å². The van der Waals surface area contributed by atoms with E-state index >= 15 is 0 Å². The molecule has 0 amide bonds. The third-order valence-corrected chi connectivity index (χ3v) is 5.61. The van der Waals surface area contributed by atoms with Crippen LogP contribution in [-0.4, -0.2) is 17.0 Å². The maximum atomic E-state index is 12.2. The van der Waals surface area contributed by atoms with Crippen molar-refractivity contribution < 1.29 is 9.90 Å². The minimum atomic E-state index is -0.889. The summed E-state index contributed by atoms with van der Waals surface area (Å²) >= 11 is 0. The zero-order valence-electron chi connectivity index (χ0n) is 21.4. The van der Waals surface area contributed by atoms with Gasteiger partial charge in [0.25, 0.3) is 0 Å². The molecule has 2 heteroatoms. The summed E-state index contributed by atoms with van der Waals surface area (Å²) in [6.07, 6.45) is 25.9. The molecule has 33 heavy (non-hydrogen) atoms. The van der Waals surface area contributed by atoms with Crippen molar-refractivity contribution in [3.63, 3.8) is 0 Å². The predicted octanol–water partition coefficient (Wildman–Crippen LogP) is 7.86. The molecule has 0 aliphatic heterocycles. The van der Waals surface area contributed by atoms with E-state index in [1.807, 2.05) is 68.5 Å². The third kappa shape index (κ3) is 10.0. The number of aliphatic hydroxyl groups is 1. The number of rotatable bonds is 9. The van der Waals surface area contributed by atoms with E-state index in [1.54, 1.807) is 6.92 Å². The third-order valence-electron chi connectivity index (χ3n) is 5.61. The molecular weight excluding hydrogens is 404 g/mol. The van der Waals surface area contributed by atoms with E-state index in [1.165, 1.54) is 5.57 Å².